The summed E-state index contributed by atoms with van der Waals surface area (Å²) < 4.78 is 10.5. The Morgan fingerprint density at radius 2 is 1.95 bits per heavy atom. The third-order valence-corrected chi connectivity index (χ3v) is 4.07. The molecule has 0 saturated carbocycles. The van der Waals surface area contributed by atoms with Crippen LogP contribution in [0, 0.1) is 0 Å². The number of methoxy groups -OCH3 is 1. The molecule has 21 heavy (non-hydrogen) atoms. The fraction of sp³-hybridized carbons (Fsp3) is 0.588. The summed E-state index contributed by atoms with van der Waals surface area (Å²) in [5.74, 6) is 0.821. The maximum atomic E-state index is 12.7. The normalized spacial score (nSPS) is 22.1. The molecular formula is C17H25NO3. The van der Waals surface area contributed by atoms with Crippen molar-refractivity contribution >= 4 is 5.91 Å². The zero-order valence-corrected chi connectivity index (χ0v) is 13.2. The van der Waals surface area contributed by atoms with Crippen LogP contribution in [0.25, 0.3) is 0 Å². The minimum Gasteiger partial charge on any atom is -0.491 e. The minimum atomic E-state index is 0.104. The molecule has 0 bridgehead atoms. The fourth-order valence-corrected chi connectivity index (χ4v) is 2.93. The van der Waals surface area contributed by atoms with Gasteiger partial charge < -0.3 is 14.4 Å². The van der Waals surface area contributed by atoms with Crippen molar-refractivity contribution in [1.82, 2.24) is 4.90 Å². The van der Waals surface area contributed by atoms with Crippen molar-refractivity contribution in [3.05, 3.63) is 29.8 Å². The number of amides is 1. The monoisotopic (exact) mass is 291 g/mol. The molecule has 0 unspecified atom stereocenters. The van der Waals surface area contributed by atoms with E-state index in [0.29, 0.717) is 30.9 Å². The zero-order valence-electron chi connectivity index (χ0n) is 13.2. The average Bonchev–Trinajstić information content (AvgIpc) is 2.47. The summed E-state index contributed by atoms with van der Waals surface area (Å²) in [6.45, 7) is 5.29. The molecule has 0 aromatic heterocycles. The van der Waals surface area contributed by atoms with Crippen molar-refractivity contribution in [3.8, 4) is 5.75 Å². The number of benzene rings is 1. The number of nitrogens with zero attached hydrogens (tertiary/aromatic N) is 1. The number of rotatable bonds is 5. The second-order valence-corrected chi connectivity index (χ2v) is 5.71. The molecule has 2 atom stereocenters. The molecule has 1 amide bonds. The van der Waals surface area contributed by atoms with Crippen LogP contribution in [0.4, 0.5) is 0 Å². The smallest absolute Gasteiger partial charge is 0.254 e. The Kier molecular flexibility index (Phi) is 5.62. The van der Waals surface area contributed by atoms with Gasteiger partial charge in [0.25, 0.3) is 5.91 Å². The first kappa shape index (κ1) is 15.8. The molecular weight excluding hydrogens is 266 g/mol. The molecule has 4 heteroatoms. The minimum absolute atomic E-state index is 0.104. The van der Waals surface area contributed by atoms with E-state index in [-0.39, 0.29) is 5.91 Å². The van der Waals surface area contributed by atoms with Crippen LogP contribution in [-0.4, -0.2) is 43.2 Å². The molecule has 1 aliphatic rings. The molecule has 4 nitrogen and oxygen atoms in total. The van der Waals surface area contributed by atoms with Gasteiger partial charge in [-0.1, -0.05) is 6.07 Å². The number of piperidine rings is 1. The number of hydrogen-bond acceptors (Lipinski definition) is 3. The van der Waals surface area contributed by atoms with Gasteiger partial charge in [0, 0.05) is 24.8 Å². The third-order valence-electron chi connectivity index (χ3n) is 4.07. The van der Waals surface area contributed by atoms with Gasteiger partial charge in [-0.15, -0.1) is 0 Å². The summed E-state index contributed by atoms with van der Waals surface area (Å²) in [7, 11) is 1.64. The lowest BCUT2D eigenvalue weighted by atomic mass is 9.96. The molecule has 0 N–H and O–H groups in total. The molecule has 1 fully saturated rings. The van der Waals surface area contributed by atoms with Crippen molar-refractivity contribution in [1.29, 1.82) is 0 Å². The predicted octanol–water partition coefficient (Wildman–Crippen LogP) is 3.11. The van der Waals surface area contributed by atoms with Gasteiger partial charge in [0.05, 0.1) is 6.61 Å². The number of ether oxygens (including phenoxy) is 2. The van der Waals surface area contributed by atoms with E-state index in [0.717, 1.165) is 18.6 Å². The largest absolute Gasteiger partial charge is 0.491 e. The van der Waals surface area contributed by atoms with Gasteiger partial charge in [0.2, 0.25) is 0 Å². The van der Waals surface area contributed by atoms with Gasteiger partial charge in [-0.3, -0.25) is 4.79 Å². The van der Waals surface area contributed by atoms with E-state index < -0.39 is 0 Å². The lowest BCUT2D eigenvalue weighted by Gasteiger charge is -2.39. The van der Waals surface area contributed by atoms with E-state index in [1.807, 2.05) is 29.2 Å². The van der Waals surface area contributed by atoms with E-state index in [4.69, 9.17) is 9.47 Å². The van der Waals surface area contributed by atoms with E-state index in [1.165, 1.54) is 6.42 Å². The number of carbonyl (C=O) groups is 1. The molecule has 1 heterocycles. The fourth-order valence-electron chi connectivity index (χ4n) is 2.93. The van der Waals surface area contributed by atoms with Crippen molar-refractivity contribution in [2.75, 3.05) is 20.3 Å². The van der Waals surface area contributed by atoms with Crippen LogP contribution >= 0.6 is 0 Å². The van der Waals surface area contributed by atoms with Crippen LogP contribution in [0.15, 0.2) is 24.3 Å². The maximum absolute atomic E-state index is 12.7. The van der Waals surface area contributed by atoms with Crippen LogP contribution in [0.3, 0.4) is 0 Å². The Balaban J connectivity index is 2.09. The third kappa shape index (κ3) is 3.97. The quantitative estimate of drug-likeness (QED) is 0.782. The van der Waals surface area contributed by atoms with Gasteiger partial charge in [-0.2, -0.15) is 0 Å². The molecule has 116 valence electrons. The first-order valence-corrected chi connectivity index (χ1v) is 7.68. The van der Waals surface area contributed by atoms with Gasteiger partial charge in [0.1, 0.15) is 12.4 Å². The van der Waals surface area contributed by atoms with Gasteiger partial charge in [0.15, 0.2) is 0 Å². The van der Waals surface area contributed by atoms with Crippen LogP contribution in [0.1, 0.15) is 43.5 Å². The average molecular weight is 291 g/mol. The zero-order chi connectivity index (χ0) is 15.2. The standard InChI is InChI=1S/C17H25NO3/c1-13-6-4-7-14(2)18(13)17(19)15-8-5-9-16(12-15)21-11-10-20-3/h5,8-9,12-14H,4,6-7,10-11H2,1-3H3/t13-,14+. The molecule has 1 aliphatic heterocycles. The lowest BCUT2D eigenvalue weighted by Crippen LogP contribution is -2.47. The highest BCUT2D eigenvalue weighted by Gasteiger charge is 2.29. The molecule has 0 radical (unpaired) electrons. The van der Waals surface area contributed by atoms with Gasteiger partial charge >= 0.3 is 0 Å². The van der Waals surface area contributed by atoms with Crippen LogP contribution in [-0.2, 0) is 4.74 Å². The Morgan fingerprint density at radius 1 is 1.24 bits per heavy atom. The van der Waals surface area contributed by atoms with Crippen LogP contribution < -0.4 is 4.74 Å². The molecule has 0 aliphatic carbocycles. The number of carbonyl (C=O) groups excluding carboxylic acids is 1. The van der Waals surface area contributed by atoms with Crippen molar-refractivity contribution in [2.45, 2.75) is 45.2 Å². The first-order valence-electron chi connectivity index (χ1n) is 7.68. The van der Waals surface area contributed by atoms with E-state index in [1.54, 1.807) is 7.11 Å². The van der Waals surface area contributed by atoms with Crippen molar-refractivity contribution < 1.29 is 14.3 Å². The molecule has 1 aromatic carbocycles. The maximum Gasteiger partial charge on any atom is 0.254 e. The number of hydrogen-bond donors (Lipinski definition) is 0. The van der Waals surface area contributed by atoms with Gasteiger partial charge in [-0.05, 0) is 51.3 Å². The lowest BCUT2D eigenvalue weighted by molar-refractivity contribution is 0.0510. The van der Waals surface area contributed by atoms with Crippen molar-refractivity contribution in [2.24, 2.45) is 0 Å². The predicted molar refractivity (Wildman–Crippen MR) is 82.8 cm³/mol. The topological polar surface area (TPSA) is 38.8 Å². The van der Waals surface area contributed by atoms with Gasteiger partial charge in [-0.25, -0.2) is 0 Å². The summed E-state index contributed by atoms with van der Waals surface area (Å²) in [5, 5.41) is 0. The SMILES string of the molecule is COCCOc1cccc(C(=O)N2[C@H](C)CCC[C@@H]2C)c1. The Hall–Kier alpha value is -1.55. The van der Waals surface area contributed by atoms with Crippen molar-refractivity contribution in [3.63, 3.8) is 0 Å². The molecule has 0 spiro atoms. The van der Waals surface area contributed by atoms with E-state index in [2.05, 4.69) is 13.8 Å². The summed E-state index contributed by atoms with van der Waals surface area (Å²) in [4.78, 5) is 14.8. The van der Waals surface area contributed by atoms with Crippen LogP contribution in [0.5, 0.6) is 5.75 Å². The summed E-state index contributed by atoms with van der Waals surface area (Å²) in [6, 6.07) is 8.04. The Labute approximate surface area is 127 Å². The summed E-state index contributed by atoms with van der Waals surface area (Å²) in [5.41, 5.74) is 0.700. The highest BCUT2D eigenvalue weighted by Crippen LogP contribution is 2.25. The highest BCUT2D eigenvalue weighted by molar-refractivity contribution is 5.95. The Bertz CT molecular complexity index is 465. The number of likely N-dealkylation sites (tertiary alicyclic amines) is 1. The molecule has 1 aromatic rings. The molecule has 1 saturated heterocycles. The van der Waals surface area contributed by atoms with E-state index in [9.17, 15) is 4.79 Å². The summed E-state index contributed by atoms with van der Waals surface area (Å²) in [6.07, 6.45) is 3.37. The second kappa shape index (κ2) is 7.46. The second-order valence-electron chi connectivity index (χ2n) is 5.71. The first-order chi connectivity index (χ1) is 10.1. The van der Waals surface area contributed by atoms with E-state index >= 15 is 0 Å². The Morgan fingerprint density at radius 3 is 2.62 bits per heavy atom. The highest BCUT2D eigenvalue weighted by atomic mass is 16.5. The summed E-state index contributed by atoms with van der Waals surface area (Å²) >= 11 is 0. The molecule has 2 rings (SSSR count). The van der Waals surface area contributed by atoms with Crippen LogP contribution in [0.2, 0.25) is 0 Å².